The second-order valence-electron chi connectivity index (χ2n) is 11.2. The number of anilines is 2. The van der Waals surface area contributed by atoms with Gasteiger partial charge in [-0.05, 0) is 87.6 Å². The van der Waals surface area contributed by atoms with Crippen molar-refractivity contribution in [3.63, 3.8) is 0 Å². The third kappa shape index (κ3) is 4.29. The van der Waals surface area contributed by atoms with Crippen molar-refractivity contribution in [3.8, 4) is 5.75 Å². The SMILES string of the molecule is CCOc1ccc2c(c1)N(C1CCC1)C(c1ccc(NC(=O)NC3CCC3)cc1)C2c1nc(C2CC2)no1. The van der Waals surface area contributed by atoms with Crippen LogP contribution in [0.25, 0.3) is 0 Å². The fourth-order valence-electron chi connectivity index (χ4n) is 6.01. The molecule has 7 rings (SSSR count). The summed E-state index contributed by atoms with van der Waals surface area (Å²) in [7, 11) is 0. The van der Waals surface area contributed by atoms with Crippen molar-refractivity contribution in [2.24, 2.45) is 0 Å². The number of nitrogens with zero attached hydrogens (tertiary/aromatic N) is 3. The third-order valence-electron chi connectivity index (χ3n) is 8.63. The number of ether oxygens (including phenoxy) is 1. The normalized spacial score (nSPS) is 22.9. The van der Waals surface area contributed by atoms with Crippen molar-refractivity contribution in [1.82, 2.24) is 15.5 Å². The summed E-state index contributed by atoms with van der Waals surface area (Å²) >= 11 is 0. The second kappa shape index (κ2) is 9.64. The Kier molecular flexibility index (Phi) is 5.98. The Balaban J connectivity index is 1.24. The predicted octanol–water partition coefficient (Wildman–Crippen LogP) is 6.27. The van der Waals surface area contributed by atoms with E-state index in [1.165, 1.54) is 42.5 Å². The lowest BCUT2D eigenvalue weighted by Crippen LogP contribution is -2.42. The van der Waals surface area contributed by atoms with Gasteiger partial charge in [0.15, 0.2) is 5.82 Å². The van der Waals surface area contributed by atoms with E-state index in [2.05, 4.69) is 51.0 Å². The van der Waals surface area contributed by atoms with E-state index in [1.54, 1.807) is 0 Å². The Bertz CT molecular complexity index is 1310. The first-order valence-electron chi connectivity index (χ1n) is 14.2. The van der Waals surface area contributed by atoms with Crippen molar-refractivity contribution >= 4 is 17.4 Å². The molecule has 4 aliphatic rings. The lowest BCUT2D eigenvalue weighted by atomic mass is 9.86. The molecule has 2 amide bonds. The molecule has 2 heterocycles. The molecule has 198 valence electrons. The topological polar surface area (TPSA) is 92.5 Å². The number of hydrogen-bond donors (Lipinski definition) is 2. The molecule has 3 saturated carbocycles. The fourth-order valence-corrected chi connectivity index (χ4v) is 6.01. The number of rotatable bonds is 8. The van der Waals surface area contributed by atoms with E-state index in [9.17, 15) is 4.79 Å². The summed E-state index contributed by atoms with van der Waals surface area (Å²) in [5.74, 6) is 2.78. The molecular formula is C30H35N5O3. The first-order valence-corrected chi connectivity index (χ1v) is 14.2. The molecule has 3 aromatic rings. The van der Waals surface area contributed by atoms with Gasteiger partial charge in [-0.3, -0.25) is 0 Å². The zero-order valence-corrected chi connectivity index (χ0v) is 21.9. The maximum Gasteiger partial charge on any atom is 0.319 e. The van der Waals surface area contributed by atoms with Crippen molar-refractivity contribution in [2.45, 2.75) is 88.3 Å². The number of nitrogens with one attached hydrogen (secondary N) is 2. The maximum absolute atomic E-state index is 12.4. The molecule has 8 nitrogen and oxygen atoms in total. The zero-order chi connectivity index (χ0) is 25.6. The number of aromatic nitrogens is 2. The summed E-state index contributed by atoms with van der Waals surface area (Å²) < 4.78 is 11.9. The molecule has 8 heteroatoms. The van der Waals surface area contributed by atoms with Crippen LogP contribution in [0, 0.1) is 0 Å². The number of amides is 2. The lowest BCUT2D eigenvalue weighted by Gasteiger charge is -2.42. The monoisotopic (exact) mass is 513 g/mol. The number of carbonyl (C=O) groups excluding carboxylic acids is 1. The molecule has 0 bridgehead atoms. The van der Waals surface area contributed by atoms with Crippen LogP contribution in [-0.2, 0) is 0 Å². The molecule has 2 unspecified atom stereocenters. The highest BCUT2D eigenvalue weighted by Crippen LogP contribution is 2.55. The van der Waals surface area contributed by atoms with Crippen LogP contribution in [0.2, 0.25) is 0 Å². The molecule has 1 aromatic heterocycles. The smallest absolute Gasteiger partial charge is 0.319 e. The Morgan fingerprint density at radius 3 is 2.50 bits per heavy atom. The third-order valence-corrected chi connectivity index (χ3v) is 8.63. The van der Waals surface area contributed by atoms with Crippen LogP contribution in [-0.4, -0.2) is 34.9 Å². The molecule has 2 atom stereocenters. The van der Waals surface area contributed by atoms with E-state index >= 15 is 0 Å². The lowest BCUT2D eigenvalue weighted by molar-refractivity contribution is 0.240. The molecule has 3 fully saturated rings. The number of benzene rings is 2. The number of hydrogen-bond acceptors (Lipinski definition) is 6. The summed E-state index contributed by atoms with van der Waals surface area (Å²) in [5, 5.41) is 10.4. The molecular weight excluding hydrogens is 478 g/mol. The summed E-state index contributed by atoms with van der Waals surface area (Å²) in [6.07, 6.45) is 9.17. The van der Waals surface area contributed by atoms with Crippen LogP contribution in [0.1, 0.15) is 99.0 Å². The van der Waals surface area contributed by atoms with E-state index < -0.39 is 0 Å². The molecule has 0 spiro atoms. The largest absolute Gasteiger partial charge is 0.494 e. The quantitative estimate of drug-likeness (QED) is 0.369. The van der Waals surface area contributed by atoms with Crippen LogP contribution in [0.15, 0.2) is 47.0 Å². The van der Waals surface area contributed by atoms with E-state index in [-0.39, 0.29) is 18.0 Å². The van der Waals surface area contributed by atoms with Gasteiger partial charge in [-0.25, -0.2) is 4.79 Å². The summed E-state index contributed by atoms with van der Waals surface area (Å²) in [4.78, 5) is 19.9. The van der Waals surface area contributed by atoms with Crippen LogP contribution >= 0.6 is 0 Å². The Labute approximate surface area is 223 Å². The minimum Gasteiger partial charge on any atom is -0.494 e. The average Bonchev–Trinajstić information content (AvgIpc) is 3.52. The molecule has 2 N–H and O–H groups in total. The van der Waals surface area contributed by atoms with Gasteiger partial charge in [0.05, 0.1) is 18.6 Å². The van der Waals surface area contributed by atoms with Gasteiger partial charge >= 0.3 is 6.03 Å². The maximum atomic E-state index is 12.4. The van der Waals surface area contributed by atoms with Crippen LogP contribution in [0.3, 0.4) is 0 Å². The molecule has 0 radical (unpaired) electrons. The Morgan fingerprint density at radius 2 is 1.84 bits per heavy atom. The highest BCUT2D eigenvalue weighted by molar-refractivity contribution is 5.89. The van der Waals surface area contributed by atoms with Gasteiger partial charge in [-0.2, -0.15) is 4.98 Å². The zero-order valence-electron chi connectivity index (χ0n) is 21.9. The molecule has 38 heavy (non-hydrogen) atoms. The van der Waals surface area contributed by atoms with Gasteiger partial charge in [0, 0.05) is 35.4 Å². The van der Waals surface area contributed by atoms with Crippen molar-refractivity contribution < 1.29 is 14.1 Å². The van der Waals surface area contributed by atoms with Gasteiger partial charge in [0.1, 0.15) is 5.75 Å². The van der Waals surface area contributed by atoms with Crippen molar-refractivity contribution in [1.29, 1.82) is 0 Å². The predicted molar refractivity (Wildman–Crippen MR) is 145 cm³/mol. The van der Waals surface area contributed by atoms with E-state index in [1.807, 2.05) is 19.1 Å². The second-order valence-corrected chi connectivity index (χ2v) is 11.2. The van der Waals surface area contributed by atoms with Crippen LogP contribution in [0.5, 0.6) is 5.75 Å². The van der Waals surface area contributed by atoms with Gasteiger partial charge in [0.25, 0.3) is 0 Å². The summed E-state index contributed by atoms with van der Waals surface area (Å²) in [6, 6.07) is 15.4. The fraction of sp³-hybridized carbons (Fsp3) is 0.500. The molecule has 1 aliphatic heterocycles. The highest BCUT2D eigenvalue weighted by Gasteiger charge is 2.47. The number of urea groups is 1. The van der Waals surface area contributed by atoms with Crippen LogP contribution in [0.4, 0.5) is 16.2 Å². The van der Waals surface area contributed by atoms with Crippen molar-refractivity contribution in [2.75, 3.05) is 16.8 Å². The first kappa shape index (κ1) is 23.6. The highest BCUT2D eigenvalue weighted by atomic mass is 16.5. The van der Waals surface area contributed by atoms with E-state index in [0.29, 0.717) is 30.5 Å². The Hall–Kier alpha value is -3.55. The van der Waals surface area contributed by atoms with Gasteiger partial charge < -0.3 is 24.8 Å². The van der Waals surface area contributed by atoms with Gasteiger partial charge in [-0.15, -0.1) is 0 Å². The number of fused-ring (bicyclic) bond motifs is 1. The Morgan fingerprint density at radius 1 is 1.05 bits per heavy atom. The summed E-state index contributed by atoms with van der Waals surface area (Å²) in [5.41, 5.74) is 4.37. The molecule has 0 saturated heterocycles. The van der Waals surface area contributed by atoms with Crippen LogP contribution < -0.4 is 20.3 Å². The summed E-state index contributed by atoms with van der Waals surface area (Å²) in [6.45, 7) is 2.65. The average molecular weight is 514 g/mol. The standard InChI is InChI=1S/C30H35N5O3/c1-2-37-23-15-16-24-25(17-23)35(22-7-4-8-22)27(26(24)29-33-28(34-38-29)19-9-10-19)18-11-13-21(14-12-18)32-30(36)31-20-5-3-6-20/h11-17,19-20,22,26-27H,2-10H2,1H3,(H2,31,32,36). The molecule has 3 aliphatic carbocycles. The molecule has 2 aromatic carbocycles. The van der Waals surface area contributed by atoms with E-state index in [0.717, 1.165) is 42.9 Å². The van der Waals surface area contributed by atoms with Gasteiger partial charge in [0.2, 0.25) is 5.89 Å². The van der Waals surface area contributed by atoms with Gasteiger partial charge in [-0.1, -0.05) is 23.4 Å². The number of carbonyl (C=O) groups is 1. The minimum atomic E-state index is -0.133. The first-order chi connectivity index (χ1) is 18.7. The van der Waals surface area contributed by atoms with E-state index in [4.69, 9.17) is 14.2 Å². The van der Waals surface area contributed by atoms with Crippen molar-refractivity contribution in [3.05, 3.63) is 65.3 Å². The minimum absolute atomic E-state index is 0.0255.